The normalized spacial score (nSPS) is 24.3. The third kappa shape index (κ3) is 0.650. The predicted molar refractivity (Wildman–Crippen MR) is 33.9 cm³/mol. The highest BCUT2D eigenvalue weighted by atomic mass is 15.1. The molecular formula is C6H9N3. The molecule has 1 aromatic rings. The maximum absolute atomic E-state index is 5.67. The van der Waals surface area contributed by atoms with Gasteiger partial charge in [-0.25, -0.2) is 4.98 Å². The third-order valence-corrected chi connectivity index (χ3v) is 1.68. The van der Waals surface area contributed by atoms with E-state index in [4.69, 9.17) is 5.73 Å². The molecule has 48 valence electrons. The molecule has 3 nitrogen and oxygen atoms in total. The standard InChI is InChI=1S/C6H9N3/c7-5-3-6-8-1-2-9(6)4-5/h1-2,5H,3-4,7H2/t5-/m0/s1. The molecule has 0 unspecified atom stereocenters. The molecule has 0 bridgehead atoms. The summed E-state index contributed by atoms with van der Waals surface area (Å²) in [6.07, 6.45) is 4.73. The van der Waals surface area contributed by atoms with Gasteiger partial charge in [0, 0.05) is 31.4 Å². The summed E-state index contributed by atoms with van der Waals surface area (Å²) in [6.45, 7) is 0.940. The molecule has 1 aromatic heterocycles. The van der Waals surface area contributed by atoms with E-state index in [1.807, 2.05) is 12.4 Å². The average molecular weight is 123 g/mol. The van der Waals surface area contributed by atoms with Crippen molar-refractivity contribution >= 4 is 0 Å². The van der Waals surface area contributed by atoms with Crippen LogP contribution in [0.25, 0.3) is 0 Å². The molecule has 0 saturated heterocycles. The lowest BCUT2D eigenvalue weighted by Gasteiger charge is -1.95. The van der Waals surface area contributed by atoms with Crippen molar-refractivity contribution in [3.63, 3.8) is 0 Å². The summed E-state index contributed by atoms with van der Waals surface area (Å²) in [5.74, 6) is 1.13. The number of hydrogen-bond donors (Lipinski definition) is 1. The monoisotopic (exact) mass is 123 g/mol. The number of aromatic nitrogens is 2. The molecule has 1 atom stereocenters. The number of imidazole rings is 1. The van der Waals surface area contributed by atoms with Crippen LogP contribution < -0.4 is 5.73 Å². The third-order valence-electron chi connectivity index (χ3n) is 1.68. The van der Waals surface area contributed by atoms with Gasteiger partial charge in [0.2, 0.25) is 0 Å². The van der Waals surface area contributed by atoms with Gasteiger partial charge in [0.05, 0.1) is 0 Å². The zero-order valence-corrected chi connectivity index (χ0v) is 5.12. The molecule has 1 aliphatic heterocycles. The first-order chi connectivity index (χ1) is 4.36. The number of nitrogens with zero attached hydrogens (tertiary/aromatic N) is 2. The Hall–Kier alpha value is -0.830. The minimum absolute atomic E-state index is 0.300. The van der Waals surface area contributed by atoms with Crippen LogP contribution in [-0.2, 0) is 13.0 Å². The molecule has 0 aromatic carbocycles. The van der Waals surface area contributed by atoms with Crippen molar-refractivity contribution in [2.75, 3.05) is 0 Å². The van der Waals surface area contributed by atoms with Crippen LogP contribution in [0.2, 0.25) is 0 Å². The lowest BCUT2D eigenvalue weighted by Crippen LogP contribution is -2.20. The second-order valence-electron chi connectivity index (χ2n) is 2.46. The summed E-state index contributed by atoms with van der Waals surface area (Å²) in [7, 11) is 0. The second-order valence-corrected chi connectivity index (χ2v) is 2.46. The van der Waals surface area contributed by atoms with E-state index in [9.17, 15) is 0 Å². The highest BCUT2D eigenvalue weighted by Gasteiger charge is 2.16. The highest BCUT2D eigenvalue weighted by molar-refractivity contribution is 5.01. The smallest absolute Gasteiger partial charge is 0.110 e. The SMILES string of the molecule is N[C@H]1Cc2nccn2C1. The van der Waals surface area contributed by atoms with Crippen LogP contribution in [0, 0.1) is 0 Å². The predicted octanol–water partition coefficient (Wildman–Crippen LogP) is -0.234. The topological polar surface area (TPSA) is 43.8 Å². The first kappa shape index (κ1) is 4.99. The van der Waals surface area contributed by atoms with Gasteiger partial charge in [0.1, 0.15) is 5.82 Å². The van der Waals surface area contributed by atoms with Crippen LogP contribution in [-0.4, -0.2) is 15.6 Å². The minimum Gasteiger partial charge on any atom is -0.333 e. The summed E-state index contributed by atoms with van der Waals surface area (Å²) in [5.41, 5.74) is 5.67. The maximum Gasteiger partial charge on any atom is 0.110 e. The molecule has 2 heterocycles. The van der Waals surface area contributed by atoms with Gasteiger partial charge in [0.15, 0.2) is 0 Å². The molecule has 0 fully saturated rings. The summed E-state index contributed by atoms with van der Waals surface area (Å²) in [6, 6.07) is 0.300. The number of nitrogens with two attached hydrogens (primary N) is 1. The molecule has 0 saturated carbocycles. The van der Waals surface area contributed by atoms with Crippen LogP contribution in [0.15, 0.2) is 12.4 Å². The van der Waals surface area contributed by atoms with Crippen LogP contribution in [0.1, 0.15) is 5.82 Å². The molecule has 9 heavy (non-hydrogen) atoms. The van der Waals surface area contributed by atoms with Crippen LogP contribution in [0.3, 0.4) is 0 Å². The van der Waals surface area contributed by atoms with Crippen molar-refractivity contribution in [3.05, 3.63) is 18.2 Å². The van der Waals surface area contributed by atoms with Gasteiger partial charge >= 0.3 is 0 Å². The molecular weight excluding hydrogens is 114 g/mol. The Labute approximate surface area is 53.5 Å². The van der Waals surface area contributed by atoms with Gasteiger partial charge in [-0.15, -0.1) is 0 Å². The maximum atomic E-state index is 5.67. The van der Waals surface area contributed by atoms with E-state index >= 15 is 0 Å². The van der Waals surface area contributed by atoms with Crippen molar-refractivity contribution in [2.45, 2.75) is 19.0 Å². The van der Waals surface area contributed by atoms with Crippen LogP contribution in [0.4, 0.5) is 0 Å². The Morgan fingerprint density at radius 3 is 3.44 bits per heavy atom. The van der Waals surface area contributed by atoms with Gasteiger partial charge < -0.3 is 10.3 Å². The summed E-state index contributed by atoms with van der Waals surface area (Å²) in [5, 5.41) is 0. The van der Waals surface area contributed by atoms with Gasteiger partial charge in [-0.3, -0.25) is 0 Å². The fourth-order valence-electron chi connectivity index (χ4n) is 1.25. The van der Waals surface area contributed by atoms with E-state index in [0.717, 1.165) is 18.8 Å². The van der Waals surface area contributed by atoms with Gasteiger partial charge in [-0.2, -0.15) is 0 Å². The lowest BCUT2D eigenvalue weighted by atomic mass is 10.3. The van der Waals surface area contributed by atoms with E-state index in [1.54, 1.807) is 0 Å². The molecule has 3 heteroatoms. The minimum atomic E-state index is 0.300. The molecule has 0 amide bonds. The van der Waals surface area contributed by atoms with Crippen molar-refractivity contribution < 1.29 is 0 Å². The van der Waals surface area contributed by atoms with Crippen molar-refractivity contribution in [3.8, 4) is 0 Å². The molecule has 2 rings (SSSR count). The van der Waals surface area contributed by atoms with Crippen LogP contribution in [0.5, 0.6) is 0 Å². The fraction of sp³-hybridized carbons (Fsp3) is 0.500. The first-order valence-electron chi connectivity index (χ1n) is 3.12. The second kappa shape index (κ2) is 1.57. The van der Waals surface area contributed by atoms with Gasteiger partial charge in [0.25, 0.3) is 0 Å². The Kier molecular flexibility index (Phi) is 0.873. The number of hydrogen-bond acceptors (Lipinski definition) is 2. The van der Waals surface area contributed by atoms with Gasteiger partial charge in [-0.05, 0) is 0 Å². The average Bonchev–Trinajstić information content (AvgIpc) is 2.22. The number of fused-ring (bicyclic) bond motifs is 1. The Bertz CT molecular complexity index is 195. The zero-order chi connectivity index (χ0) is 6.27. The van der Waals surface area contributed by atoms with Gasteiger partial charge in [-0.1, -0.05) is 0 Å². The molecule has 2 N–H and O–H groups in total. The Morgan fingerprint density at radius 1 is 1.78 bits per heavy atom. The fourth-order valence-corrected chi connectivity index (χ4v) is 1.25. The lowest BCUT2D eigenvalue weighted by molar-refractivity contribution is 0.641. The summed E-state index contributed by atoms with van der Waals surface area (Å²) < 4.78 is 2.10. The van der Waals surface area contributed by atoms with Crippen molar-refractivity contribution in [1.29, 1.82) is 0 Å². The Morgan fingerprint density at radius 2 is 2.67 bits per heavy atom. The molecule has 0 radical (unpaired) electrons. The van der Waals surface area contributed by atoms with Crippen molar-refractivity contribution in [2.24, 2.45) is 5.73 Å². The summed E-state index contributed by atoms with van der Waals surface area (Å²) in [4.78, 5) is 4.13. The summed E-state index contributed by atoms with van der Waals surface area (Å²) >= 11 is 0. The quantitative estimate of drug-likeness (QED) is 0.517. The van der Waals surface area contributed by atoms with E-state index in [2.05, 4.69) is 9.55 Å². The van der Waals surface area contributed by atoms with Crippen molar-refractivity contribution in [1.82, 2.24) is 9.55 Å². The van der Waals surface area contributed by atoms with E-state index in [0.29, 0.717) is 6.04 Å². The number of rotatable bonds is 0. The largest absolute Gasteiger partial charge is 0.333 e. The van der Waals surface area contributed by atoms with E-state index in [-0.39, 0.29) is 0 Å². The molecule has 0 aliphatic carbocycles. The Balaban J connectivity index is 2.39. The molecule has 0 spiro atoms. The van der Waals surface area contributed by atoms with Crippen LogP contribution >= 0.6 is 0 Å². The highest BCUT2D eigenvalue weighted by Crippen LogP contribution is 2.09. The zero-order valence-electron chi connectivity index (χ0n) is 5.12. The first-order valence-corrected chi connectivity index (χ1v) is 3.12. The molecule has 1 aliphatic rings. The van der Waals surface area contributed by atoms with E-state index < -0.39 is 0 Å². The van der Waals surface area contributed by atoms with E-state index in [1.165, 1.54) is 0 Å².